The molecule has 2 aromatic carbocycles. The van der Waals surface area contributed by atoms with Crippen molar-refractivity contribution in [2.45, 2.75) is 11.9 Å². The number of ether oxygens (including phenoxy) is 1. The highest BCUT2D eigenvalue weighted by Crippen LogP contribution is 2.34. The van der Waals surface area contributed by atoms with Crippen molar-refractivity contribution < 1.29 is 14.3 Å². The van der Waals surface area contributed by atoms with E-state index in [9.17, 15) is 9.59 Å². The maximum Gasteiger partial charge on any atom is 0.338 e. The van der Waals surface area contributed by atoms with Crippen molar-refractivity contribution in [1.29, 1.82) is 0 Å². The predicted octanol–water partition coefficient (Wildman–Crippen LogP) is 6.47. The van der Waals surface area contributed by atoms with Gasteiger partial charge < -0.3 is 9.64 Å². The third kappa shape index (κ3) is 4.88. The van der Waals surface area contributed by atoms with Gasteiger partial charge in [0.25, 0.3) is 5.91 Å². The van der Waals surface area contributed by atoms with Gasteiger partial charge in [-0.25, -0.2) is 4.79 Å². The number of methoxy groups -OCH3 is 1. The summed E-state index contributed by atoms with van der Waals surface area (Å²) in [6, 6.07) is 7.01. The van der Waals surface area contributed by atoms with Crippen molar-refractivity contribution in [3.8, 4) is 0 Å². The summed E-state index contributed by atoms with van der Waals surface area (Å²) >= 11 is 22.0. The molecule has 1 aliphatic heterocycles. The van der Waals surface area contributed by atoms with Crippen molar-refractivity contribution >= 4 is 82.9 Å². The Morgan fingerprint density at radius 2 is 1.74 bits per heavy atom. The van der Waals surface area contributed by atoms with Gasteiger partial charge in [-0.2, -0.15) is 0 Å². The Bertz CT molecular complexity index is 906. The van der Waals surface area contributed by atoms with Crippen LogP contribution in [0, 0.1) is 0 Å². The van der Waals surface area contributed by atoms with E-state index >= 15 is 0 Å². The number of halogens is 5. The first kappa shape index (κ1) is 22.7. The monoisotopic (exact) mass is 599 g/mol. The number of hydrogen-bond acceptors (Lipinski definition) is 3. The summed E-state index contributed by atoms with van der Waals surface area (Å²) in [6.07, 6.45) is 0. The Morgan fingerprint density at radius 3 is 2.33 bits per heavy atom. The van der Waals surface area contributed by atoms with E-state index in [0.29, 0.717) is 27.5 Å². The number of benzene rings is 2. The van der Waals surface area contributed by atoms with Crippen LogP contribution in [0.5, 0.6) is 0 Å². The van der Waals surface area contributed by atoms with E-state index in [1.165, 1.54) is 7.11 Å². The van der Waals surface area contributed by atoms with Crippen LogP contribution in [0.4, 0.5) is 0 Å². The fraction of sp³-hybridized carbons (Fsp3) is 0.222. The molecule has 2 aromatic rings. The van der Waals surface area contributed by atoms with Crippen molar-refractivity contribution in [1.82, 2.24) is 4.90 Å². The number of carbonyl (C=O) groups is 2. The topological polar surface area (TPSA) is 46.6 Å². The van der Waals surface area contributed by atoms with Gasteiger partial charge in [-0.1, -0.05) is 39.1 Å². The number of amides is 1. The second kappa shape index (κ2) is 9.74. The summed E-state index contributed by atoms with van der Waals surface area (Å²) in [4.78, 5) is 24.5. The van der Waals surface area contributed by atoms with Gasteiger partial charge in [0.2, 0.25) is 0 Å². The van der Waals surface area contributed by atoms with Crippen LogP contribution < -0.4 is 0 Å². The van der Waals surface area contributed by atoms with E-state index < -0.39 is 0 Å². The standard InChI is InChI=1S/C9H7Br2ClO2.C9H7BrClNO/c1-14-9(13)5-2-3-7(11)8(12)6(5)4-10;1-12-4-6-5(9(12)13)2-3-7(10)8(6)11/h2-3H,4H2,1H3;2-3H,4H2,1H3. The van der Waals surface area contributed by atoms with Crippen LogP contribution in [0.2, 0.25) is 10.0 Å². The zero-order chi connectivity index (χ0) is 20.3. The molecular formula is C18H14Br3Cl2NO3. The molecule has 0 saturated carbocycles. The number of alkyl halides is 1. The molecule has 0 unspecified atom stereocenters. The van der Waals surface area contributed by atoms with Gasteiger partial charge in [0.15, 0.2) is 0 Å². The molecule has 0 atom stereocenters. The van der Waals surface area contributed by atoms with Gasteiger partial charge in [0.1, 0.15) is 0 Å². The van der Waals surface area contributed by atoms with Gasteiger partial charge in [0.05, 0.1) is 22.7 Å². The van der Waals surface area contributed by atoms with E-state index in [-0.39, 0.29) is 11.9 Å². The second-order valence-corrected chi connectivity index (χ2v) is 8.59. The summed E-state index contributed by atoms with van der Waals surface area (Å²) in [6.45, 7) is 0.604. The van der Waals surface area contributed by atoms with Gasteiger partial charge in [0, 0.05) is 39.0 Å². The normalized spacial score (nSPS) is 12.4. The summed E-state index contributed by atoms with van der Waals surface area (Å²) in [5.41, 5.74) is 2.85. The van der Waals surface area contributed by atoms with Gasteiger partial charge in [-0.3, -0.25) is 4.79 Å². The van der Waals surface area contributed by atoms with Crippen molar-refractivity contribution in [3.63, 3.8) is 0 Å². The number of carbonyl (C=O) groups excluding carboxylic acids is 2. The first-order chi connectivity index (χ1) is 12.7. The third-order valence-electron chi connectivity index (χ3n) is 3.90. The third-order valence-corrected chi connectivity index (χ3v) is 7.11. The molecule has 0 aromatic heterocycles. The molecule has 0 spiro atoms. The van der Waals surface area contributed by atoms with E-state index in [2.05, 4.69) is 52.5 Å². The van der Waals surface area contributed by atoms with Crippen molar-refractivity contribution in [2.75, 3.05) is 14.2 Å². The minimum atomic E-state index is -0.381. The average molecular weight is 603 g/mol. The van der Waals surface area contributed by atoms with E-state index in [0.717, 1.165) is 25.6 Å². The first-order valence-corrected chi connectivity index (χ1v) is 11.0. The highest BCUT2D eigenvalue weighted by atomic mass is 79.9. The smallest absolute Gasteiger partial charge is 0.338 e. The zero-order valence-electron chi connectivity index (χ0n) is 14.3. The zero-order valence-corrected chi connectivity index (χ0v) is 20.6. The molecule has 144 valence electrons. The Kier molecular flexibility index (Phi) is 8.19. The number of nitrogens with zero attached hydrogens (tertiary/aromatic N) is 1. The second-order valence-electron chi connectivity index (χ2n) is 5.56. The predicted molar refractivity (Wildman–Crippen MR) is 118 cm³/mol. The molecule has 0 saturated heterocycles. The molecule has 27 heavy (non-hydrogen) atoms. The highest BCUT2D eigenvalue weighted by molar-refractivity contribution is 9.11. The number of esters is 1. The van der Waals surface area contributed by atoms with Gasteiger partial charge in [-0.15, -0.1) is 0 Å². The van der Waals surface area contributed by atoms with Gasteiger partial charge in [-0.05, 0) is 61.7 Å². The molecule has 0 fully saturated rings. The van der Waals surface area contributed by atoms with Crippen LogP contribution in [0.25, 0.3) is 0 Å². The maximum atomic E-state index is 11.5. The van der Waals surface area contributed by atoms with Crippen LogP contribution in [0.15, 0.2) is 33.2 Å². The molecule has 9 heteroatoms. The fourth-order valence-corrected chi connectivity index (χ4v) is 4.43. The molecule has 0 N–H and O–H groups in total. The van der Waals surface area contributed by atoms with Crippen molar-refractivity contribution in [2.24, 2.45) is 0 Å². The number of rotatable bonds is 2. The van der Waals surface area contributed by atoms with Crippen LogP contribution >= 0.6 is 71.0 Å². The van der Waals surface area contributed by atoms with Crippen molar-refractivity contribution in [3.05, 3.63) is 65.5 Å². The lowest BCUT2D eigenvalue weighted by Crippen LogP contribution is -2.17. The molecular weight excluding hydrogens is 589 g/mol. The lowest BCUT2D eigenvalue weighted by atomic mass is 10.1. The molecule has 0 bridgehead atoms. The van der Waals surface area contributed by atoms with E-state index in [1.807, 2.05) is 0 Å². The summed E-state index contributed by atoms with van der Waals surface area (Å²) in [7, 11) is 3.11. The molecule has 1 amide bonds. The fourth-order valence-electron chi connectivity index (χ4n) is 2.49. The Labute approximate surface area is 192 Å². The lowest BCUT2D eigenvalue weighted by molar-refractivity contribution is 0.0599. The Morgan fingerprint density at radius 1 is 1.15 bits per heavy atom. The first-order valence-electron chi connectivity index (χ1n) is 7.56. The molecule has 3 rings (SSSR count). The van der Waals surface area contributed by atoms with Gasteiger partial charge >= 0.3 is 5.97 Å². The quantitative estimate of drug-likeness (QED) is 0.292. The maximum absolute atomic E-state index is 11.5. The average Bonchev–Trinajstić information content (AvgIpc) is 2.95. The lowest BCUT2D eigenvalue weighted by Gasteiger charge is -2.08. The molecule has 1 aliphatic rings. The Balaban J connectivity index is 0.000000194. The van der Waals surface area contributed by atoms with E-state index in [1.54, 1.807) is 36.2 Å². The molecule has 0 radical (unpaired) electrons. The molecule has 1 heterocycles. The van der Waals surface area contributed by atoms with Crippen LogP contribution in [-0.4, -0.2) is 30.9 Å². The largest absolute Gasteiger partial charge is 0.465 e. The summed E-state index contributed by atoms with van der Waals surface area (Å²) < 4.78 is 6.25. The minimum Gasteiger partial charge on any atom is -0.465 e. The van der Waals surface area contributed by atoms with E-state index in [4.69, 9.17) is 23.2 Å². The summed E-state index contributed by atoms with van der Waals surface area (Å²) in [5.74, 6) is -0.335. The van der Waals surface area contributed by atoms with Crippen LogP contribution in [0.3, 0.4) is 0 Å². The summed E-state index contributed by atoms with van der Waals surface area (Å²) in [5, 5.41) is 1.69. The number of hydrogen-bond donors (Lipinski definition) is 0. The highest BCUT2D eigenvalue weighted by Gasteiger charge is 2.26. The molecule has 0 aliphatic carbocycles. The minimum absolute atomic E-state index is 0.0457. The number of fused-ring (bicyclic) bond motifs is 1. The molecule has 4 nitrogen and oxygen atoms in total. The van der Waals surface area contributed by atoms with Crippen LogP contribution in [-0.2, 0) is 16.6 Å². The Hall–Kier alpha value is -0.600. The SMILES string of the molecule is CN1Cc2c(ccc(Br)c2Cl)C1=O.COC(=O)c1ccc(Br)c(Cl)c1CBr. The van der Waals surface area contributed by atoms with Crippen LogP contribution in [0.1, 0.15) is 31.8 Å².